The summed E-state index contributed by atoms with van der Waals surface area (Å²) in [6, 6.07) is 9.53. The van der Waals surface area contributed by atoms with Crippen molar-refractivity contribution in [3.63, 3.8) is 0 Å². The molecule has 2 aromatic heterocycles. The average molecular weight is 442 g/mol. The fraction of sp³-hybridized carbons (Fsp3) is 0.348. The van der Waals surface area contributed by atoms with Crippen molar-refractivity contribution >= 4 is 23.2 Å². The summed E-state index contributed by atoms with van der Waals surface area (Å²) in [7, 11) is 1.89. The second-order valence-corrected chi connectivity index (χ2v) is 8.25. The molecule has 1 N–H and O–H groups in total. The Morgan fingerprint density at radius 2 is 2.00 bits per heavy atom. The van der Waals surface area contributed by atoms with Crippen molar-refractivity contribution in [3.05, 3.63) is 60.2 Å². The van der Waals surface area contributed by atoms with E-state index in [1.54, 1.807) is 51.4 Å². The number of benzene rings is 1. The van der Waals surface area contributed by atoms with Gasteiger partial charge >= 0.3 is 6.09 Å². The molecule has 0 saturated heterocycles. The molecule has 0 bridgehead atoms. The number of amides is 1. The Morgan fingerprint density at radius 3 is 2.69 bits per heavy atom. The van der Waals surface area contributed by atoms with Crippen LogP contribution in [0.3, 0.4) is 0 Å². The van der Waals surface area contributed by atoms with Gasteiger partial charge < -0.3 is 24.1 Å². The fourth-order valence-corrected chi connectivity index (χ4v) is 2.77. The monoisotopic (exact) mass is 442 g/mol. The van der Waals surface area contributed by atoms with E-state index >= 15 is 0 Å². The number of hydrogen-bond acceptors (Lipinski definition) is 7. The van der Waals surface area contributed by atoms with Gasteiger partial charge in [-0.3, -0.25) is 4.98 Å². The molecule has 0 atom stereocenters. The second-order valence-electron chi connectivity index (χ2n) is 8.25. The van der Waals surface area contributed by atoms with Gasteiger partial charge in [-0.1, -0.05) is 0 Å². The molecule has 0 fully saturated rings. The molecule has 8 nitrogen and oxygen atoms in total. The number of ether oxygens (including phenoxy) is 2. The van der Waals surface area contributed by atoms with E-state index in [0.29, 0.717) is 35.7 Å². The number of rotatable bonds is 8. The summed E-state index contributed by atoms with van der Waals surface area (Å²) in [6.45, 7) is 5.81. The standard InChI is InChI=1S/C23H27FN4O4/c1-23(2,3)32-22(29)26-13-17(12-24)15-30-18-5-6-19-20(11-18)31-21(27-19)28(4)14-16-7-9-25-10-8-16/h5-12H,13-15H2,1-4H3,(H,26,29)/b17-12+. The van der Waals surface area contributed by atoms with E-state index < -0.39 is 11.7 Å². The van der Waals surface area contributed by atoms with Crippen molar-refractivity contribution in [2.75, 3.05) is 25.1 Å². The van der Waals surface area contributed by atoms with Crippen LogP contribution in [-0.2, 0) is 11.3 Å². The molecule has 170 valence electrons. The van der Waals surface area contributed by atoms with E-state index in [4.69, 9.17) is 13.9 Å². The van der Waals surface area contributed by atoms with Crippen LogP contribution in [-0.4, -0.2) is 41.9 Å². The molecular formula is C23H27FN4O4. The van der Waals surface area contributed by atoms with Crippen LogP contribution in [0.1, 0.15) is 26.3 Å². The number of anilines is 1. The van der Waals surface area contributed by atoms with E-state index in [2.05, 4.69) is 15.3 Å². The summed E-state index contributed by atoms with van der Waals surface area (Å²) in [5.41, 5.74) is 1.95. The smallest absolute Gasteiger partial charge is 0.407 e. The molecule has 0 unspecified atom stereocenters. The van der Waals surface area contributed by atoms with Crippen molar-refractivity contribution in [2.24, 2.45) is 0 Å². The first-order valence-corrected chi connectivity index (χ1v) is 10.1. The molecule has 1 amide bonds. The van der Waals surface area contributed by atoms with Crippen LogP contribution >= 0.6 is 0 Å². The lowest BCUT2D eigenvalue weighted by Crippen LogP contribution is -2.34. The van der Waals surface area contributed by atoms with E-state index in [1.165, 1.54) is 0 Å². The van der Waals surface area contributed by atoms with Gasteiger partial charge in [0.05, 0.1) is 6.33 Å². The quantitative estimate of drug-likeness (QED) is 0.545. The minimum Gasteiger partial charge on any atom is -0.489 e. The number of alkyl carbamates (subject to hydrolysis) is 1. The molecule has 1 aromatic carbocycles. The maximum Gasteiger partial charge on any atom is 0.407 e. The molecule has 9 heteroatoms. The van der Waals surface area contributed by atoms with Gasteiger partial charge in [0.15, 0.2) is 5.58 Å². The summed E-state index contributed by atoms with van der Waals surface area (Å²) in [6.07, 6.45) is 3.27. The zero-order valence-corrected chi connectivity index (χ0v) is 18.6. The van der Waals surface area contributed by atoms with Crippen LogP contribution in [0.2, 0.25) is 0 Å². The lowest BCUT2D eigenvalue weighted by molar-refractivity contribution is 0.0531. The highest BCUT2D eigenvalue weighted by atomic mass is 19.1. The zero-order valence-electron chi connectivity index (χ0n) is 18.6. The van der Waals surface area contributed by atoms with Crippen LogP contribution < -0.4 is 15.0 Å². The van der Waals surface area contributed by atoms with Crippen molar-refractivity contribution in [3.8, 4) is 5.75 Å². The fourth-order valence-electron chi connectivity index (χ4n) is 2.77. The Bertz CT molecular complexity index is 1080. The van der Waals surface area contributed by atoms with E-state index in [9.17, 15) is 9.18 Å². The number of fused-ring (bicyclic) bond motifs is 1. The number of halogens is 1. The van der Waals surface area contributed by atoms with Crippen molar-refractivity contribution in [2.45, 2.75) is 32.9 Å². The number of pyridine rings is 1. The van der Waals surface area contributed by atoms with Gasteiger partial charge in [-0.2, -0.15) is 4.98 Å². The summed E-state index contributed by atoms with van der Waals surface area (Å²) >= 11 is 0. The largest absolute Gasteiger partial charge is 0.489 e. The maximum absolute atomic E-state index is 13.2. The molecule has 3 aromatic rings. The first kappa shape index (κ1) is 23.1. The number of hydrogen-bond donors (Lipinski definition) is 1. The number of oxazole rings is 1. The summed E-state index contributed by atoms with van der Waals surface area (Å²) in [4.78, 5) is 22.1. The predicted octanol–water partition coefficient (Wildman–Crippen LogP) is 4.62. The summed E-state index contributed by atoms with van der Waals surface area (Å²) in [5.74, 6) is 0.494. The van der Waals surface area contributed by atoms with Crippen LogP contribution in [0.15, 0.2) is 59.0 Å². The van der Waals surface area contributed by atoms with Crippen LogP contribution in [0.4, 0.5) is 15.2 Å². The number of carbonyl (C=O) groups is 1. The van der Waals surface area contributed by atoms with Gasteiger partial charge in [0.2, 0.25) is 0 Å². The van der Waals surface area contributed by atoms with E-state index in [-0.39, 0.29) is 18.7 Å². The molecule has 0 aliphatic carbocycles. The highest BCUT2D eigenvalue weighted by Crippen LogP contribution is 2.26. The molecule has 0 saturated carbocycles. The molecule has 32 heavy (non-hydrogen) atoms. The van der Waals surface area contributed by atoms with Crippen molar-refractivity contribution < 1.29 is 23.1 Å². The Kier molecular flexibility index (Phi) is 7.29. The Balaban J connectivity index is 1.57. The van der Waals surface area contributed by atoms with Gasteiger partial charge in [0.1, 0.15) is 23.5 Å². The van der Waals surface area contributed by atoms with Crippen LogP contribution in [0, 0.1) is 0 Å². The van der Waals surface area contributed by atoms with Crippen molar-refractivity contribution in [1.82, 2.24) is 15.3 Å². The number of nitrogens with zero attached hydrogens (tertiary/aromatic N) is 3. The third-order valence-corrected chi connectivity index (χ3v) is 4.28. The first-order valence-electron chi connectivity index (χ1n) is 10.1. The average Bonchev–Trinajstić information content (AvgIpc) is 3.17. The van der Waals surface area contributed by atoms with Gasteiger partial charge in [-0.15, -0.1) is 0 Å². The molecule has 0 aliphatic heterocycles. The van der Waals surface area contributed by atoms with Gasteiger partial charge in [0, 0.05) is 44.2 Å². The topological polar surface area (TPSA) is 89.7 Å². The van der Waals surface area contributed by atoms with Gasteiger partial charge in [-0.05, 0) is 50.6 Å². The summed E-state index contributed by atoms with van der Waals surface area (Å²) < 4.78 is 29.9. The molecular weight excluding hydrogens is 415 g/mol. The number of carbonyl (C=O) groups excluding carboxylic acids is 1. The highest BCUT2D eigenvalue weighted by Gasteiger charge is 2.16. The summed E-state index contributed by atoms with van der Waals surface area (Å²) in [5, 5.41) is 2.50. The van der Waals surface area contributed by atoms with E-state index in [1.807, 2.05) is 24.1 Å². The minimum absolute atomic E-state index is 0.0279. The van der Waals surface area contributed by atoms with Crippen LogP contribution in [0.5, 0.6) is 5.75 Å². The Labute approximate surface area is 186 Å². The van der Waals surface area contributed by atoms with Gasteiger partial charge in [-0.25, -0.2) is 9.18 Å². The normalized spacial score (nSPS) is 12.0. The first-order chi connectivity index (χ1) is 15.2. The minimum atomic E-state index is -0.627. The molecule has 0 spiro atoms. The number of aromatic nitrogens is 2. The van der Waals surface area contributed by atoms with Crippen molar-refractivity contribution in [1.29, 1.82) is 0 Å². The second kappa shape index (κ2) is 10.1. The maximum atomic E-state index is 13.2. The van der Waals surface area contributed by atoms with E-state index in [0.717, 1.165) is 5.56 Å². The Hall–Kier alpha value is -3.62. The lowest BCUT2D eigenvalue weighted by atomic mass is 10.2. The van der Waals surface area contributed by atoms with Gasteiger partial charge in [0.25, 0.3) is 6.01 Å². The third kappa shape index (κ3) is 6.69. The molecule has 0 radical (unpaired) electrons. The zero-order chi connectivity index (χ0) is 23.1. The lowest BCUT2D eigenvalue weighted by Gasteiger charge is -2.20. The molecule has 0 aliphatic rings. The SMILES string of the molecule is CN(Cc1ccncc1)c1nc2ccc(OC/C(=C/F)CNC(=O)OC(C)(C)C)cc2o1. The molecule has 3 rings (SSSR count). The molecule has 2 heterocycles. The van der Waals surface area contributed by atoms with Crippen LogP contribution in [0.25, 0.3) is 11.1 Å². The highest BCUT2D eigenvalue weighted by molar-refractivity contribution is 5.76. The predicted molar refractivity (Wildman–Crippen MR) is 119 cm³/mol. The Morgan fingerprint density at radius 1 is 1.25 bits per heavy atom. The number of nitrogens with one attached hydrogen (secondary N) is 1. The third-order valence-electron chi connectivity index (χ3n) is 4.28.